The smallest absolute Gasteiger partial charge is 0.337 e. The van der Waals surface area contributed by atoms with Gasteiger partial charge in [0, 0.05) is 10.6 Å². The Morgan fingerprint density at radius 3 is 2.50 bits per heavy atom. The van der Waals surface area contributed by atoms with E-state index in [9.17, 15) is 9.90 Å². The van der Waals surface area contributed by atoms with Crippen LogP contribution in [-0.4, -0.2) is 16.2 Å². The van der Waals surface area contributed by atoms with Crippen LogP contribution in [0.25, 0.3) is 0 Å². The van der Waals surface area contributed by atoms with Gasteiger partial charge in [0.2, 0.25) is 0 Å². The zero-order valence-corrected chi connectivity index (χ0v) is 8.80. The van der Waals surface area contributed by atoms with Gasteiger partial charge in [-0.1, -0.05) is 29.3 Å². The number of benzene rings is 1. The van der Waals surface area contributed by atoms with Gasteiger partial charge in [0.25, 0.3) is 0 Å². The molecule has 0 unspecified atom stereocenters. The van der Waals surface area contributed by atoms with Crippen LogP contribution in [0, 0.1) is 6.92 Å². The van der Waals surface area contributed by atoms with Gasteiger partial charge >= 0.3 is 5.97 Å². The third-order valence-corrected chi connectivity index (χ3v) is 2.79. The molecule has 0 heterocycles. The molecule has 0 fully saturated rings. The standard InChI is InChI=1S/C9H8Cl2O3/c1-4-6(10)3-2-5(7(4)11)8(12)9(13)14/h2-3,8,12H,1H3,(H,13,14)/t8-/m0/s1. The fourth-order valence-corrected chi connectivity index (χ4v) is 1.50. The van der Waals surface area contributed by atoms with Gasteiger partial charge in [0.05, 0.1) is 5.02 Å². The molecule has 14 heavy (non-hydrogen) atoms. The number of aliphatic hydroxyl groups is 1. The van der Waals surface area contributed by atoms with Gasteiger partial charge in [-0.3, -0.25) is 0 Å². The lowest BCUT2D eigenvalue weighted by molar-refractivity contribution is -0.146. The van der Waals surface area contributed by atoms with Gasteiger partial charge in [-0.25, -0.2) is 4.79 Å². The fraction of sp³-hybridized carbons (Fsp3) is 0.222. The average molecular weight is 235 g/mol. The highest BCUT2D eigenvalue weighted by Crippen LogP contribution is 2.30. The van der Waals surface area contributed by atoms with Gasteiger partial charge in [-0.2, -0.15) is 0 Å². The van der Waals surface area contributed by atoms with E-state index in [1.807, 2.05) is 0 Å². The molecule has 1 aromatic rings. The van der Waals surface area contributed by atoms with Gasteiger partial charge in [-0.15, -0.1) is 0 Å². The van der Waals surface area contributed by atoms with E-state index in [-0.39, 0.29) is 10.6 Å². The largest absolute Gasteiger partial charge is 0.479 e. The number of carboxylic acids is 1. The van der Waals surface area contributed by atoms with Crippen molar-refractivity contribution in [3.63, 3.8) is 0 Å². The SMILES string of the molecule is Cc1c(Cl)ccc([C@H](O)C(=O)O)c1Cl. The number of halogens is 2. The first-order chi connectivity index (χ1) is 6.45. The number of hydrogen-bond donors (Lipinski definition) is 2. The highest BCUT2D eigenvalue weighted by atomic mass is 35.5. The van der Waals surface area contributed by atoms with Crippen molar-refractivity contribution in [2.75, 3.05) is 0 Å². The van der Waals surface area contributed by atoms with Crippen LogP contribution < -0.4 is 0 Å². The molecular formula is C9H8Cl2O3. The number of carboxylic acid groups (broad SMARTS) is 1. The maximum Gasteiger partial charge on any atom is 0.337 e. The summed E-state index contributed by atoms with van der Waals surface area (Å²) in [6, 6.07) is 2.90. The topological polar surface area (TPSA) is 57.5 Å². The molecule has 1 aromatic carbocycles. The summed E-state index contributed by atoms with van der Waals surface area (Å²) in [5.41, 5.74) is 0.715. The minimum absolute atomic E-state index is 0.154. The quantitative estimate of drug-likeness (QED) is 0.827. The molecule has 0 aliphatic heterocycles. The predicted molar refractivity (Wildman–Crippen MR) is 53.8 cm³/mol. The van der Waals surface area contributed by atoms with Crippen LogP contribution in [0.3, 0.4) is 0 Å². The van der Waals surface area contributed by atoms with Crippen molar-refractivity contribution in [2.45, 2.75) is 13.0 Å². The number of aliphatic carboxylic acids is 1. The maximum absolute atomic E-state index is 10.5. The van der Waals surface area contributed by atoms with E-state index in [1.165, 1.54) is 12.1 Å². The van der Waals surface area contributed by atoms with Crippen molar-refractivity contribution in [1.82, 2.24) is 0 Å². The highest BCUT2D eigenvalue weighted by molar-refractivity contribution is 6.36. The fourth-order valence-electron chi connectivity index (χ4n) is 1.03. The number of rotatable bonds is 2. The molecule has 1 rings (SSSR count). The summed E-state index contributed by atoms with van der Waals surface area (Å²) in [5, 5.41) is 18.5. The molecule has 0 bridgehead atoms. The maximum atomic E-state index is 10.5. The number of carbonyl (C=O) groups is 1. The van der Waals surface area contributed by atoms with Crippen LogP contribution in [-0.2, 0) is 4.79 Å². The second-order valence-electron chi connectivity index (χ2n) is 2.82. The number of hydrogen-bond acceptors (Lipinski definition) is 2. The molecule has 0 amide bonds. The Balaban J connectivity index is 3.24. The Hall–Kier alpha value is -0.770. The monoisotopic (exact) mass is 234 g/mol. The third-order valence-electron chi connectivity index (χ3n) is 1.88. The molecule has 0 saturated heterocycles. The minimum Gasteiger partial charge on any atom is -0.479 e. The zero-order valence-electron chi connectivity index (χ0n) is 7.29. The van der Waals surface area contributed by atoms with E-state index in [4.69, 9.17) is 28.3 Å². The summed E-state index contributed by atoms with van der Waals surface area (Å²) in [6.45, 7) is 1.66. The van der Waals surface area contributed by atoms with Gasteiger partial charge in [0.15, 0.2) is 6.10 Å². The first-order valence-electron chi connectivity index (χ1n) is 3.80. The van der Waals surface area contributed by atoms with Crippen LogP contribution in [0.2, 0.25) is 10.0 Å². The lowest BCUT2D eigenvalue weighted by Gasteiger charge is -2.10. The summed E-state index contributed by atoms with van der Waals surface area (Å²) in [7, 11) is 0. The van der Waals surface area contributed by atoms with Crippen molar-refractivity contribution in [1.29, 1.82) is 0 Å². The zero-order chi connectivity index (χ0) is 10.9. The Labute approximate surface area is 90.9 Å². The molecule has 3 nitrogen and oxygen atoms in total. The molecular weight excluding hydrogens is 227 g/mol. The van der Waals surface area contributed by atoms with Gasteiger partial charge in [-0.05, 0) is 18.6 Å². The second-order valence-corrected chi connectivity index (χ2v) is 3.60. The second kappa shape index (κ2) is 4.17. The first-order valence-corrected chi connectivity index (χ1v) is 4.56. The third kappa shape index (κ3) is 2.00. The normalized spacial score (nSPS) is 12.6. The molecule has 0 saturated carbocycles. The van der Waals surface area contributed by atoms with E-state index in [0.29, 0.717) is 10.6 Å². The Morgan fingerprint density at radius 2 is 2.00 bits per heavy atom. The van der Waals surface area contributed by atoms with Crippen molar-refractivity contribution in [2.24, 2.45) is 0 Å². The Bertz CT molecular complexity index is 377. The summed E-state index contributed by atoms with van der Waals surface area (Å²) < 4.78 is 0. The molecule has 0 aliphatic rings. The lowest BCUT2D eigenvalue weighted by Crippen LogP contribution is -2.11. The van der Waals surface area contributed by atoms with E-state index in [1.54, 1.807) is 6.92 Å². The van der Waals surface area contributed by atoms with Crippen LogP contribution in [0.4, 0.5) is 0 Å². The van der Waals surface area contributed by atoms with Crippen molar-refractivity contribution >= 4 is 29.2 Å². The average Bonchev–Trinajstić information content (AvgIpc) is 2.13. The minimum atomic E-state index is -1.61. The summed E-state index contributed by atoms with van der Waals surface area (Å²) in [4.78, 5) is 10.5. The lowest BCUT2D eigenvalue weighted by atomic mass is 10.1. The van der Waals surface area contributed by atoms with E-state index >= 15 is 0 Å². The van der Waals surface area contributed by atoms with Crippen molar-refractivity contribution in [3.8, 4) is 0 Å². The molecule has 0 radical (unpaired) electrons. The highest BCUT2D eigenvalue weighted by Gasteiger charge is 2.20. The molecule has 0 aromatic heterocycles. The predicted octanol–water partition coefficient (Wildman–Crippen LogP) is 2.42. The van der Waals surface area contributed by atoms with Crippen molar-refractivity contribution < 1.29 is 15.0 Å². The first kappa shape index (κ1) is 11.3. The molecule has 1 atom stereocenters. The Kier molecular flexibility index (Phi) is 3.37. The van der Waals surface area contributed by atoms with Gasteiger partial charge < -0.3 is 10.2 Å². The summed E-state index contributed by atoms with van der Waals surface area (Å²) >= 11 is 11.6. The van der Waals surface area contributed by atoms with Crippen LogP contribution >= 0.6 is 23.2 Å². The summed E-state index contributed by atoms with van der Waals surface area (Å²) in [6.07, 6.45) is -1.61. The van der Waals surface area contributed by atoms with Crippen LogP contribution in [0.5, 0.6) is 0 Å². The molecule has 0 aliphatic carbocycles. The van der Waals surface area contributed by atoms with Crippen LogP contribution in [0.15, 0.2) is 12.1 Å². The molecule has 5 heteroatoms. The molecule has 0 spiro atoms. The molecule has 2 N–H and O–H groups in total. The van der Waals surface area contributed by atoms with Crippen LogP contribution in [0.1, 0.15) is 17.2 Å². The van der Waals surface area contributed by atoms with E-state index in [2.05, 4.69) is 0 Å². The van der Waals surface area contributed by atoms with Crippen molar-refractivity contribution in [3.05, 3.63) is 33.3 Å². The number of aliphatic hydroxyl groups excluding tert-OH is 1. The molecule has 76 valence electrons. The van der Waals surface area contributed by atoms with E-state index < -0.39 is 12.1 Å². The van der Waals surface area contributed by atoms with E-state index in [0.717, 1.165) is 0 Å². The summed E-state index contributed by atoms with van der Waals surface area (Å²) in [5.74, 6) is -1.34. The Morgan fingerprint density at radius 1 is 1.43 bits per heavy atom. The van der Waals surface area contributed by atoms with Gasteiger partial charge in [0.1, 0.15) is 0 Å².